The largest absolute Gasteiger partial charge is 0.255 e. The van der Waals surface area contributed by atoms with E-state index in [4.69, 9.17) is 23.2 Å². The maximum Gasteiger partial charge on any atom is 0.211 e. The zero-order chi connectivity index (χ0) is 16.2. The van der Waals surface area contributed by atoms with Crippen LogP contribution in [0.2, 0.25) is 10.0 Å². The summed E-state index contributed by atoms with van der Waals surface area (Å²) in [6, 6.07) is 10.9. The fourth-order valence-corrected chi connectivity index (χ4v) is 3.12. The summed E-state index contributed by atoms with van der Waals surface area (Å²) in [5.41, 5.74) is 2.41. The van der Waals surface area contributed by atoms with Crippen molar-refractivity contribution in [2.24, 2.45) is 10.1 Å². The van der Waals surface area contributed by atoms with Crippen LogP contribution < -0.4 is 4.80 Å². The Kier molecular flexibility index (Phi) is 4.91. The molecule has 4 nitrogen and oxygen atoms in total. The van der Waals surface area contributed by atoms with E-state index in [2.05, 4.69) is 15.1 Å². The molecule has 3 rings (SSSR count). The molecule has 0 aliphatic rings. The fraction of sp³-hybridized carbons (Fsp3) is 0.0625. The van der Waals surface area contributed by atoms with Gasteiger partial charge in [-0.3, -0.25) is 4.98 Å². The van der Waals surface area contributed by atoms with Crippen molar-refractivity contribution in [3.8, 4) is 0 Å². The minimum Gasteiger partial charge on any atom is -0.255 e. The minimum atomic E-state index is 0.504. The van der Waals surface area contributed by atoms with Gasteiger partial charge >= 0.3 is 0 Å². The zero-order valence-electron chi connectivity index (χ0n) is 12.1. The summed E-state index contributed by atoms with van der Waals surface area (Å²) >= 11 is 13.6. The molecule has 0 amide bonds. The molecule has 0 fully saturated rings. The number of aromatic nitrogens is 2. The first-order valence-electron chi connectivity index (χ1n) is 6.76. The van der Waals surface area contributed by atoms with Crippen LogP contribution in [0, 0.1) is 6.92 Å². The van der Waals surface area contributed by atoms with Gasteiger partial charge in [-0.05, 0) is 37.3 Å². The van der Waals surface area contributed by atoms with Crippen molar-refractivity contribution in [1.29, 1.82) is 0 Å². The molecule has 0 radical (unpaired) electrons. The molecular formula is C16H12Cl2N4S. The molecule has 0 bridgehead atoms. The number of halogens is 2. The molecule has 116 valence electrons. The Bertz CT molecular complexity index is 913. The second kappa shape index (κ2) is 7.08. The number of pyridine rings is 1. The van der Waals surface area contributed by atoms with Crippen molar-refractivity contribution in [3.63, 3.8) is 0 Å². The summed E-state index contributed by atoms with van der Waals surface area (Å²) in [5.74, 6) is 0. The minimum absolute atomic E-state index is 0.504. The molecule has 0 unspecified atom stereocenters. The summed E-state index contributed by atoms with van der Waals surface area (Å²) < 4.78 is 1.75. The molecule has 0 saturated carbocycles. The maximum absolute atomic E-state index is 6.18. The lowest BCUT2D eigenvalue weighted by Gasteiger charge is -2.00. The van der Waals surface area contributed by atoms with Crippen molar-refractivity contribution in [2.45, 2.75) is 6.92 Å². The second-order valence-corrected chi connectivity index (χ2v) is 6.36. The molecule has 0 N–H and O–H groups in total. The first-order valence-corrected chi connectivity index (χ1v) is 8.39. The summed E-state index contributed by atoms with van der Waals surface area (Å²) in [5, 5.41) is 7.53. The van der Waals surface area contributed by atoms with Gasteiger partial charge in [0, 0.05) is 16.6 Å². The number of hydrogen-bond donors (Lipinski definition) is 0. The van der Waals surface area contributed by atoms with Gasteiger partial charge < -0.3 is 0 Å². The van der Waals surface area contributed by atoms with Crippen LogP contribution in [-0.2, 0) is 0 Å². The third-order valence-corrected chi connectivity index (χ3v) is 4.44. The summed E-state index contributed by atoms with van der Waals surface area (Å²) in [4.78, 5) is 9.51. The Balaban J connectivity index is 2.02. The van der Waals surface area contributed by atoms with Crippen LogP contribution in [0.25, 0.3) is 0 Å². The Morgan fingerprint density at radius 1 is 1.22 bits per heavy atom. The summed E-state index contributed by atoms with van der Waals surface area (Å²) in [7, 11) is 0. The third kappa shape index (κ3) is 3.88. The summed E-state index contributed by atoms with van der Waals surface area (Å²) in [6.07, 6.45) is 3.42. The predicted octanol–water partition coefficient (Wildman–Crippen LogP) is 4.67. The lowest BCUT2D eigenvalue weighted by Crippen LogP contribution is -2.11. The van der Waals surface area contributed by atoms with Gasteiger partial charge in [-0.1, -0.05) is 29.3 Å². The third-order valence-electron chi connectivity index (χ3n) is 2.97. The van der Waals surface area contributed by atoms with Crippen LogP contribution in [0.5, 0.6) is 0 Å². The second-order valence-electron chi connectivity index (χ2n) is 4.68. The molecule has 3 aromatic rings. The van der Waals surface area contributed by atoms with E-state index in [1.54, 1.807) is 35.3 Å². The van der Waals surface area contributed by atoms with Gasteiger partial charge in [0.15, 0.2) is 0 Å². The van der Waals surface area contributed by atoms with Crippen molar-refractivity contribution in [2.75, 3.05) is 0 Å². The van der Waals surface area contributed by atoms with Gasteiger partial charge in [0.05, 0.1) is 28.3 Å². The lowest BCUT2D eigenvalue weighted by molar-refractivity contribution is 0.809. The number of hydrogen-bond acceptors (Lipinski definition) is 4. The van der Waals surface area contributed by atoms with Gasteiger partial charge in [0.25, 0.3) is 0 Å². The fourth-order valence-electron chi connectivity index (χ4n) is 1.85. The van der Waals surface area contributed by atoms with Crippen LogP contribution in [0.1, 0.15) is 11.4 Å². The first-order chi connectivity index (χ1) is 11.1. The lowest BCUT2D eigenvalue weighted by atomic mass is 10.3. The molecular weight excluding hydrogens is 351 g/mol. The Labute approximate surface area is 147 Å². The van der Waals surface area contributed by atoms with Crippen LogP contribution in [0.3, 0.4) is 0 Å². The SMILES string of the molecule is Cc1csc(=Nc2ccc(Cl)cc2Cl)n1N=Cc1ccccn1. The van der Waals surface area contributed by atoms with E-state index in [0.717, 1.165) is 16.2 Å². The zero-order valence-corrected chi connectivity index (χ0v) is 14.5. The van der Waals surface area contributed by atoms with Gasteiger partial charge in [0.1, 0.15) is 0 Å². The number of rotatable bonds is 3. The number of nitrogens with zero attached hydrogens (tertiary/aromatic N) is 4. The van der Waals surface area contributed by atoms with Crippen LogP contribution in [-0.4, -0.2) is 15.9 Å². The average molecular weight is 363 g/mol. The Morgan fingerprint density at radius 2 is 2.09 bits per heavy atom. The first kappa shape index (κ1) is 15.9. The smallest absolute Gasteiger partial charge is 0.211 e. The van der Waals surface area contributed by atoms with E-state index in [1.165, 1.54) is 11.3 Å². The van der Waals surface area contributed by atoms with Crippen LogP contribution >= 0.6 is 34.5 Å². The molecule has 7 heteroatoms. The van der Waals surface area contributed by atoms with E-state index >= 15 is 0 Å². The normalized spacial score (nSPS) is 12.2. The molecule has 0 aliphatic carbocycles. The van der Waals surface area contributed by atoms with Crippen molar-refractivity contribution in [1.82, 2.24) is 9.66 Å². The molecule has 1 aromatic carbocycles. The molecule has 0 spiro atoms. The monoisotopic (exact) mass is 362 g/mol. The average Bonchev–Trinajstić information content (AvgIpc) is 2.89. The highest BCUT2D eigenvalue weighted by molar-refractivity contribution is 7.07. The quantitative estimate of drug-likeness (QED) is 0.624. The highest BCUT2D eigenvalue weighted by Crippen LogP contribution is 2.27. The van der Waals surface area contributed by atoms with Crippen LogP contribution in [0.4, 0.5) is 5.69 Å². The molecule has 0 saturated heterocycles. The Hall–Kier alpha value is -1.95. The Morgan fingerprint density at radius 3 is 2.83 bits per heavy atom. The highest BCUT2D eigenvalue weighted by atomic mass is 35.5. The predicted molar refractivity (Wildman–Crippen MR) is 96.0 cm³/mol. The van der Waals surface area contributed by atoms with E-state index < -0.39 is 0 Å². The number of aryl methyl sites for hydroxylation is 1. The number of thiazole rings is 1. The van der Waals surface area contributed by atoms with Crippen molar-refractivity contribution >= 4 is 46.4 Å². The summed E-state index contributed by atoms with van der Waals surface area (Å²) in [6.45, 7) is 1.97. The molecule has 23 heavy (non-hydrogen) atoms. The molecule has 0 aliphatic heterocycles. The number of benzene rings is 1. The highest BCUT2D eigenvalue weighted by Gasteiger charge is 2.03. The van der Waals surface area contributed by atoms with E-state index in [9.17, 15) is 0 Å². The van der Waals surface area contributed by atoms with E-state index in [-0.39, 0.29) is 0 Å². The van der Waals surface area contributed by atoms with Crippen LogP contribution in [0.15, 0.2) is 58.1 Å². The van der Waals surface area contributed by atoms with E-state index in [0.29, 0.717) is 15.7 Å². The maximum atomic E-state index is 6.18. The molecule has 2 aromatic heterocycles. The van der Waals surface area contributed by atoms with Gasteiger partial charge in [-0.2, -0.15) is 5.10 Å². The van der Waals surface area contributed by atoms with E-state index in [1.807, 2.05) is 30.5 Å². The van der Waals surface area contributed by atoms with Gasteiger partial charge in [0.2, 0.25) is 4.80 Å². The van der Waals surface area contributed by atoms with Crippen molar-refractivity contribution in [3.05, 3.63) is 74.2 Å². The molecule has 2 heterocycles. The van der Waals surface area contributed by atoms with Crippen molar-refractivity contribution < 1.29 is 0 Å². The van der Waals surface area contributed by atoms with Gasteiger partial charge in [-0.15, -0.1) is 11.3 Å². The standard InChI is InChI=1S/C16H12Cl2N4S/c1-11-10-23-16(21-15-6-5-12(17)8-14(15)18)22(11)20-9-13-4-2-3-7-19-13/h2-10H,1H3. The topological polar surface area (TPSA) is 42.5 Å². The molecule has 0 atom stereocenters. The van der Waals surface area contributed by atoms with Gasteiger partial charge in [-0.25, -0.2) is 9.67 Å².